The van der Waals surface area contributed by atoms with Crippen LogP contribution >= 0.6 is 0 Å². The van der Waals surface area contributed by atoms with Crippen LogP contribution in [0.5, 0.6) is 5.75 Å². The van der Waals surface area contributed by atoms with Crippen molar-refractivity contribution in [3.8, 4) is 11.8 Å². The minimum atomic E-state index is -1.30. The van der Waals surface area contributed by atoms with Crippen molar-refractivity contribution in [3.63, 3.8) is 0 Å². The molecule has 0 aliphatic carbocycles. The van der Waals surface area contributed by atoms with Crippen molar-refractivity contribution in [2.24, 2.45) is 0 Å². The van der Waals surface area contributed by atoms with E-state index in [1.165, 1.54) is 13.0 Å². The van der Waals surface area contributed by atoms with Crippen LogP contribution in [0.15, 0.2) is 18.2 Å². The van der Waals surface area contributed by atoms with Crippen molar-refractivity contribution < 1.29 is 19.0 Å². The first-order valence-corrected chi connectivity index (χ1v) is 4.13. The van der Waals surface area contributed by atoms with Gasteiger partial charge in [-0.15, -0.1) is 0 Å². The number of carboxylic acid groups (broad SMARTS) is 1. The van der Waals surface area contributed by atoms with Crippen molar-refractivity contribution in [1.82, 2.24) is 0 Å². The summed E-state index contributed by atoms with van der Waals surface area (Å²) >= 11 is 0. The highest BCUT2D eigenvalue weighted by Crippen LogP contribution is 2.20. The SMILES string of the molecule is CC(C#N)Oc1ccc(F)cc1C(=O)O. The lowest BCUT2D eigenvalue weighted by Crippen LogP contribution is -2.11. The number of nitriles is 1. The van der Waals surface area contributed by atoms with Gasteiger partial charge in [-0.05, 0) is 25.1 Å². The summed E-state index contributed by atoms with van der Waals surface area (Å²) in [6.07, 6.45) is -0.784. The maximum Gasteiger partial charge on any atom is 0.339 e. The Hall–Kier alpha value is -2.09. The Bertz CT molecular complexity index is 425. The standard InChI is InChI=1S/C10H8FNO3/c1-6(5-12)15-9-3-2-7(11)4-8(9)10(13)14/h2-4,6H,1H3,(H,13,14). The van der Waals surface area contributed by atoms with Crippen LogP contribution in [-0.4, -0.2) is 17.2 Å². The molecule has 15 heavy (non-hydrogen) atoms. The summed E-state index contributed by atoms with van der Waals surface area (Å²) in [6, 6.07) is 4.90. The molecule has 5 heteroatoms. The van der Waals surface area contributed by atoms with E-state index in [0.29, 0.717) is 0 Å². The number of halogens is 1. The van der Waals surface area contributed by atoms with Gasteiger partial charge in [0.2, 0.25) is 0 Å². The molecule has 1 aromatic carbocycles. The summed E-state index contributed by atoms with van der Waals surface area (Å²) in [5.41, 5.74) is -0.294. The molecule has 0 aromatic heterocycles. The van der Waals surface area contributed by atoms with E-state index >= 15 is 0 Å². The molecular weight excluding hydrogens is 201 g/mol. The van der Waals surface area contributed by atoms with Crippen LogP contribution in [0.25, 0.3) is 0 Å². The van der Waals surface area contributed by atoms with Crippen LogP contribution in [0.1, 0.15) is 17.3 Å². The van der Waals surface area contributed by atoms with Gasteiger partial charge in [-0.1, -0.05) is 0 Å². The van der Waals surface area contributed by atoms with Crippen molar-refractivity contribution >= 4 is 5.97 Å². The molecule has 0 spiro atoms. The lowest BCUT2D eigenvalue weighted by Gasteiger charge is -2.09. The van der Waals surface area contributed by atoms with E-state index in [1.807, 2.05) is 0 Å². The quantitative estimate of drug-likeness (QED) is 0.824. The van der Waals surface area contributed by atoms with Crippen LogP contribution in [0.3, 0.4) is 0 Å². The lowest BCUT2D eigenvalue weighted by atomic mass is 10.2. The third kappa shape index (κ3) is 2.68. The summed E-state index contributed by atoms with van der Waals surface area (Å²) < 4.78 is 17.7. The van der Waals surface area contributed by atoms with Gasteiger partial charge in [0.05, 0.1) is 0 Å². The predicted octanol–water partition coefficient (Wildman–Crippen LogP) is 1.81. The van der Waals surface area contributed by atoms with E-state index < -0.39 is 17.9 Å². The molecule has 1 unspecified atom stereocenters. The number of carbonyl (C=O) groups is 1. The highest BCUT2D eigenvalue weighted by Gasteiger charge is 2.14. The molecule has 78 valence electrons. The number of carboxylic acids is 1. The first-order chi connectivity index (χ1) is 7.04. The molecule has 0 radical (unpaired) electrons. The number of hydrogen-bond acceptors (Lipinski definition) is 3. The zero-order valence-electron chi connectivity index (χ0n) is 7.90. The third-order valence-corrected chi connectivity index (χ3v) is 1.66. The van der Waals surface area contributed by atoms with Crippen LogP contribution in [0.4, 0.5) is 4.39 Å². The van der Waals surface area contributed by atoms with Crippen molar-refractivity contribution in [3.05, 3.63) is 29.6 Å². The van der Waals surface area contributed by atoms with E-state index in [9.17, 15) is 9.18 Å². The van der Waals surface area contributed by atoms with Gasteiger partial charge >= 0.3 is 5.97 Å². The predicted molar refractivity (Wildman–Crippen MR) is 49.1 cm³/mol. The average Bonchev–Trinajstić information content (AvgIpc) is 2.20. The maximum atomic E-state index is 12.7. The molecule has 1 rings (SSSR count). The fourth-order valence-electron chi connectivity index (χ4n) is 0.989. The zero-order valence-corrected chi connectivity index (χ0v) is 7.90. The normalized spacial score (nSPS) is 11.5. The first kappa shape index (κ1) is 11.0. The lowest BCUT2D eigenvalue weighted by molar-refractivity contribution is 0.0690. The number of benzene rings is 1. The van der Waals surface area contributed by atoms with E-state index in [4.69, 9.17) is 15.1 Å². The second-order valence-corrected chi connectivity index (χ2v) is 2.83. The number of rotatable bonds is 3. The highest BCUT2D eigenvalue weighted by molar-refractivity contribution is 5.90. The van der Waals surface area contributed by atoms with Gasteiger partial charge in [-0.2, -0.15) is 5.26 Å². The van der Waals surface area contributed by atoms with Gasteiger partial charge in [-0.3, -0.25) is 0 Å². The zero-order chi connectivity index (χ0) is 11.4. The number of aromatic carboxylic acids is 1. The molecule has 0 aliphatic rings. The Balaban J connectivity index is 3.07. The largest absolute Gasteiger partial charge is 0.478 e. The van der Waals surface area contributed by atoms with Crippen LogP contribution in [0, 0.1) is 17.1 Å². The topological polar surface area (TPSA) is 70.3 Å². The van der Waals surface area contributed by atoms with Gasteiger partial charge in [0.15, 0.2) is 6.10 Å². The fourth-order valence-corrected chi connectivity index (χ4v) is 0.989. The molecule has 1 aromatic rings. The number of hydrogen-bond donors (Lipinski definition) is 1. The second kappa shape index (κ2) is 4.42. The molecule has 0 amide bonds. The maximum absolute atomic E-state index is 12.7. The summed E-state index contributed by atoms with van der Waals surface area (Å²) in [5, 5.41) is 17.2. The molecule has 0 bridgehead atoms. The van der Waals surface area contributed by atoms with Gasteiger partial charge in [0.25, 0.3) is 0 Å². The Kier molecular flexibility index (Phi) is 3.24. The van der Waals surface area contributed by atoms with Crippen LogP contribution in [0.2, 0.25) is 0 Å². The van der Waals surface area contributed by atoms with Crippen molar-refractivity contribution in [2.45, 2.75) is 13.0 Å². The smallest absolute Gasteiger partial charge is 0.339 e. The van der Waals surface area contributed by atoms with E-state index in [1.54, 1.807) is 6.07 Å². The van der Waals surface area contributed by atoms with Gasteiger partial charge in [0.1, 0.15) is 23.2 Å². The summed E-state index contributed by atoms with van der Waals surface area (Å²) in [5.74, 6) is -1.98. The molecule has 1 atom stereocenters. The molecule has 0 aliphatic heterocycles. The molecule has 0 heterocycles. The van der Waals surface area contributed by atoms with Crippen LogP contribution < -0.4 is 4.74 Å². The monoisotopic (exact) mass is 209 g/mol. The van der Waals surface area contributed by atoms with E-state index in [-0.39, 0.29) is 11.3 Å². The fraction of sp³-hybridized carbons (Fsp3) is 0.200. The van der Waals surface area contributed by atoms with Gasteiger partial charge in [-0.25, -0.2) is 9.18 Å². The Morgan fingerprint density at radius 2 is 2.33 bits per heavy atom. The van der Waals surface area contributed by atoms with E-state index in [0.717, 1.165) is 12.1 Å². The Morgan fingerprint density at radius 3 is 2.87 bits per heavy atom. The minimum absolute atomic E-state index is 0.0158. The van der Waals surface area contributed by atoms with E-state index in [2.05, 4.69) is 0 Å². The summed E-state index contributed by atoms with van der Waals surface area (Å²) in [7, 11) is 0. The molecule has 0 fully saturated rings. The molecule has 0 saturated heterocycles. The first-order valence-electron chi connectivity index (χ1n) is 4.13. The Morgan fingerprint density at radius 1 is 1.67 bits per heavy atom. The summed E-state index contributed by atoms with van der Waals surface area (Å²) in [4.78, 5) is 10.7. The number of nitrogens with zero attached hydrogens (tertiary/aromatic N) is 1. The number of ether oxygens (including phenoxy) is 1. The highest BCUT2D eigenvalue weighted by atomic mass is 19.1. The Labute approximate surface area is 85.5 Å². The minimum Gasteiger partial charge on any atom is -0.478 e. The summed E-state index contributed by atoms with van der Waals surface area (Å²) in [6.45, 7) is 1.47. The second-order valence-electron chi connectivity index (χ2n) is 2.83. The average molecular weight is 209 g/mol. The molecule has 0 saturated carbocycles. The van der Waals surface area contributed by atoms with Crippen LogP contribution in [-0.2, 0) is 0 Å². The van der Waals surface area contributed by atoms with Gasteiger partial charge < -0.3 is 9.84 Å². The molecule has 4 nitrogen and oxygen atoms in total. The van der Waals surface area contributed by atoms with Crippen molar-refractivity contribution in [2.75, 3.05) is 0 Å². The molecular formula is C10H8FNO3. The van der Waals surface area contributed by atoms with Gasteiger partial charge in [0, 0.05) is 0 Å². The molecule has 1 N–H and O–H groups in total. The van der Waals surface area contributed by atoms with Crippen molar-refractivity contribution in [1.29, 1.82) is 5.26 Å². The third-order valence-electron chi connectivity index (χ3n) is 1.66.